The molecule has 1 N–H and O–H groups in total. The Morgan fingerprint density at radius 3 is 2.08 bits per heavy atom. The van der Waals surface area contributed by atoms with Gasteiger partial charge in [0.25, 0.3) is 0 Å². The van der Waals surface area contributed by atoms with Gasteiger partial charge in [-0.25, -0.2) is 18.6 Å². The number of hydrogen-bond donors (Lipinski definition) is 1. The molecule has 260 valence electrons. The van der Waals surface area contributed by atoms with Gasteiger partial charge in [-0.3, -0.25) is 0 Å². The van der Waals surface area contributed by atoms with E-state index < -0.39 is 40.9 Å². The molecule has 3 heterocycles. The summed E-state index contributed by atoms with van der Waals surface area (Å²) >= 11 is 2.02. The highest BCUT2D eigenvalue weighted by Crippen LogP contribution is 2.38. The molecular weight excluding hydrogens is 764 g/mol. The van der Waals surface area contributed by atoms with Crippen LogP contribution in [0.15, 0.2) is 60.7 Å². The maximum absolute atomic E-state index is 16.6. The molecule has 1 saturated heterocycles. The molecule has 0 aliphatic carbocycles. The Balaban J connectivity index is 1.45. The lowest BCUT2D eigenvalue weighted by Crippen LogP contribution is -2.53. The second-order valence-corrected chi connectivity index (χ2v) is 13.1. The summed E-state index contributed by atoms with van der Waals surface area (Å²) in [5.74, 6) is -0.0946. The molecule has 1 atom stereocenters. The number of pyridine rings is 1. The summed E-state index contributed by atoms with van der Waals surface area (Å²) in [6.07, 6.45) is -2.27. The predicted molar refractivity (Wildman–Crippen MR) is 192 cm³/mol. The minimum Gasteiger partial charge on any atom is -0.497 e. The number of hydrogen-bond acceptors (Lipinski definition) is 8. The van der Waals surface area contributed by atoms with Gasteiger partial charge in [-0.05, 0) is 89.5 Å². The Bertz CT molecular complexity index is 2000. The number of ether oxygens (including phenoxy) is 2. The standard InChI is InChI=1S/C36H34F3IN6O4/c1-20-15-28(45(18-22-5-9-24(49-3)10-6-22)19-23-7-11-25(50-4)12-8-23)41-33(31(20)40)29-27(37)16-26-32(30(29)38)42-35(39)43-34(26)46-14-13-44(36(47)48)17-21(46)2/h5-12,15-16,21H,13-14,17-19H2,1-4H3,(H,47,48)/t21-/m0/s1. The summed E-state index contributed by atoms with van der Waals surface area (Å²) in [6, 6.07) is 17.7. The van der Waals surface area contributed by atoms with Crippen LogP contribution in [0, 0.1) is 28.2 Å². The monoisotopic (exact) mass is 798 g/mol. The highest BCUT2D eigenvalue weighted by molar-refractivity contribution is 14.1. The number of amides is 1. The van der Waals surface area contributed by atoms with Crippen molar-refractivity contribution in [1.29, 1.82) is 0 Å². The van der Waals surface area contributed by atoms with Gasteiger partial charge in [0.2, 0.25) is 0 Å². The third kappa shape index (κ3) is 7.06. The summed E-state index contributed by atoms with van der Waals surface area (Å²) in [6.45, 7) is 4.80. The topological polar surface area (TPSA) is 104 Å². The molecule has 10 nitrogen and oxygen atoms in total. The fraction of sp³-hybridized carbons (Fsp3) is 0.278. The molecule has 0 spiro atoms. The van der Waals surface area contributed by atoms with E-state index in [-0.39, 0.29) is 36.5 Å². The molecule has 14 heteroatoms. The van der Waals surface area contributed by atoms with E-state index in [1.54, 1.807) is 26.0 Å². The van der Waals surface area contributed by atoms with Crippen LogP contribution in [0.25, 0.3) is 22.2 Å². The Morgan fingerprint density at radius 2 is 1.54 bits per heavy atom. The third-order valence-electron chi connectivity index (χ3n) is 8.76. The first-order valence-corrected chi connectivity index (χ1v) is 16.8. The first-order chi connectivity index (χ1) is 24.0. The molecule has 1 amide bonds. The van der Waals surface area contributed by atoms with Crippen LogP contribution in [-0.4, -0.2) is 70.9 Å². The zero-order valence-electron chi connectivity index (χ0n) is 27.8. The maximum atomic E-state index is 16.6. The van der Waals surface area contributed by atoms with Crippen molar-refractivity contribution in [3.05, 3.63) is 98.6 Å². The molecule has 50 heavy (non-hydrogen) atoms. The van der Waals surface area contributed by atoms with Crippen molar-refractivity contribution in [2.75, 3.05) is 43.7 Å². The lowest BCUT2D eigenvalue weighted by Gasteiger charge is -2.39. The summed E-state index contributed by atoms with van der Waals surface area (Å²) in [5, 5.41) is 9.40. The lowest BCUT2D eigenvalue weighted by atomic mass is 10.0. The van der Waals surface area contributed by atoms with Crippen molar-refractivity contribution in [2.24, 2.45) is 0 Å². The van der Waals surface area contributed by atoms with Crippen LogP contribution < -0.4 is 19.3 Å². The lowest BCUT2D eigenvalue weighted by molar-refractivity contribution is 0.136. The highest BCUT2D eigenvalue weighted by Gasteiger charge is 2.31. The molecule has 0 radical (unpaired) electrons. The molecular formula is C36H34F3IN6O4. The first-order valence-electron chi connectivity index (χ1n) is 15.8. The molecule has 1 aliphatic rings. The molecule has 0 saturated carbocycles. The first kappa shape index (κ1) is 35.0. The number of nitrogens with zero attached hydrogens (tertiary/aromatic N) is 6. The van der Waals surface area contributed by atoms with Gasteiger partial charge in [0.15, 0.2) is 5.82 Å². The van der Waals surface area contributed by atoms with E-state index in [1.165, 1.54) is 4.90 Å². The van der Waals surface area contributed by atoms with E-state index in [9.17, 15) is 14.3 Å². The normalized spacial score (nSPS) is 14.6. The number of piperazine rings is 1. The van der Waals surface area contributed by atoms with Gasteiger partial charge in [-0.15, -0.1) is 0 Å². The Hall–Kier alpha value is -4.86. The Labute approximate surface area is 300 Å². The van der Waals surface area contributed by atoms with Gasteiger partial charge in [-0.2, -0.15) is 14.4 Å². The molecule has 0 unspecified atom stereocenters. The van der Waals surface area contributed by atoms with Crippen LogP contribution in [0.2, 0.25) is 0 Å². The van der Waals surface area contributed by atoms with Gasteiger partial charge >= 0.3 is 12.2 Å². The number of aromatic nitrogens is 3. The summed E-state index contributed by atoms with van der Waals surface area (Å²) in [7, 11) is 3.19. The maximum Gasteiger partial charge on any atom is 0.407 e. The van der Waals surface area contributed by atoms with E-state index in [1.807, 2.05) is 89.0 Å². The van der Waals surface area contributed by atoms with E-state index in [0.29, 0.717) is 34.0 Å². The van der Waals surface area contributed by atoms with Crippen LogP contribution in [0.1, 0.15) is 23.6 Å². The van der Waals surface area contributed by atoms with E-state index >= 15 is 8.78 Å². The average Bonchev–Trinajstić information content (AvgIpc) is 3.10. The minimum atomic E-state index is -1.19. The zero-order chi connectivity index (χ0) is 35.7. The number of carboxylic acid groups (broad SMARTS) is 1. The molecule has 1 aliphatic heterocycles. The quantitative estimate of drug-likeness (QED) is 0.121. The number of aryl methyl sites for hydroxylation is 1. The average molecular weight is 799 g/mol. The van der Waals surface area contributed by atoms with Gasteiger partial charge in [0, 0.05) is 47.7 Å². The molecule has 3 aromatic carbocycles. The number of fused-ring (bicyclic) bond motifs is 1. The van der Waals surface area contributed by atoms with Gasteiger partial charge < -0.3 is 29.3 Å². The second-order valence-electron chi connectivity index (χ2n) is 12.0. The van der Waals surface area contributed by atoms with Crippen molar-refractivity contribution in [2.45, 2.75) is 33.0 Å². The molecule has 0 bridgehead atoms. The van der Waals surface area contributed by atoms with Crippen molar-refractivity contribution in [3.8, 4) is 22.8 Å². The van der Waals surface area contributed by atoms with Gasteiger partial charge in [0.1, 0.15) is 34.5 Å². The third-order valence-corrected chi connectivity index (χ3v) is 10.1. The number of benzene rings is 3. The number of anilines is 2. The van der Waals surface area contributed by atoms with Gasteiger partial charge in [-0.1, -0.05) is 24.3 Å². The fourth-order valence-corrected chi connectivity index (χ4v) is 6.67. The van der Waals surface area contributed by atoms with Crippen molar-refractivity contribution in [3.63, 3.8) is 0 Å². The molecule has 5 aromatic rings. The summed E-state index contributed by atoms with van der Waals surface area (Å²) in [5.41, 5.74) is 1.87. The van der Waals surface area contributed by atoms with E-state index in [2.05, 4.69) is 9.97 Å². The van der Waals surface area contributed by atoms with Crippen molar-refractivity contribution >= 4 is 51.2 Å². The summed E-state index contributed by atoms with van der Waals surface area (Å²) < 4.78 is 59.0. The number of carbonyl (C=O) groups is 1. The number of halogens is 4. The van der Waals surface area contributed by atoms with E-state index in [0.717, 1.165) is 22.8 Å². The van der Waals surface area contributed by atoms with Crippen molar-refractivity contribution in [1.82, 2.24) is 19.9 Å². The Morgan fingerprint density at radius 1 is 0.940 bits per heavy atom. The molecule has 1 fully saturated rings. The summed E-state index contributed by atoms with van der Waals surface area (Å²) in [4.78, 5) is 28.9. The smallest absolute Gasteiger partial charge is 0.407 e. The zero-order valence-corrected chi connectivity index (χ0v) is 29.9. The van der Waals surface area contributed by atoms with Crippen LogP contribution in [0.4, 0.5) is 29.6 Å². The fourth-order valence-electron chi connectivity index (χ4n) is 6.12. The minimum absolute atomic E-state index is 0.00728. The van der Waals surface area contributed by atoms with Gasteiger partial charge in [0.05, 0.1) is 25.5 Å². The number of rotatable bonds is 9. The largest absolute Gasteiger partial charge is 0.497 e. The second kappa shape index (κ2) is 14.5. The van der Waals surface area contributed by atoms with Crippen molar-refractivity contribution < 1.29 is 32.5 Å². The molecule has 2 aromatic heterocycles. The Kier molecular flexibility index (Phi) is 10.2. The van der Waals surface area contributed by atoms with Crippen LogP contribution in [-0.2, 0) is 13.1 Å². The van der Waals surface area contributed by atoms with E-state index in [4.69, 9.17) is 14.5 Å². The predicted octanol–water partition coefficient (Wildman–Crippen LogP) is 7.43. The van der Waals surface area contributed by atoms with Crippen LogP contribution in [0.3, 0.4) is 0 Å². The van der Waals surface area contributed by atoms with Crippen LogP contribution >= 0.6 is 22.6 Å². The molecule has 6 rings (SSSR count). The number of methoxy groups -OCH3 is 2. The SMILES string of the molecule is COc1ccc(CN(Cc2ccc(OC)cc2)c2cc(C)c(I)c(-c3c(F)cc4c(N5CCN(C(=O)O)C[C@@H]5C)nc(F)nc4c3F)n2)cc1. The highest BCUT2D eigenvalue weighted by atomic mass is 127. The van der Waals surface area contributed by atoms with Crippen LogP contribution in [0.5, 0.6) is 11.5 Å².